The lowest BCUT2D eigenvalue weighted by molar-refractivity contribution is 0.0988. The van der Waals surface area contributed by atoms with Gasteiger partial charge in [-0.25, -0.2) is 9.37 Å². The van der Waals surface area contributed by atoms with Crippen molar-refractivity contribution in [2.75, 3.05) is 0 Å². The van der Waals surface area contributed by atoms with Crippen molar-refractivity contribution in [3.63, 3.8) is 0 Å². The average Bonchev–Trinajstić information content (AvgIpc) is 3.39. The number of carbonyl (C=O) groups excluding carboxylic acids is 1. The minimum atomic E-state index is -0.295. The Morgan fingerprint density at radius 2 is 1.90 bits per heavy atom. The molecule has 0 fully saturated rings. The standard InChI is InChI=1S/C22H20FN5O/c1-14(2)28-13-24-27-22(28)20-5-3-4-17(25-20)12-21(29)19-11-10-18(26-19)15-6-8-16(23)9-7-15/h3-11,13-14,26H,12H2,1-2H3. The van der Waals surface area contributed by atoms with Crippen molar-refractivity contribution in [2.24, 2.45) is 0 Å². The number of hydrogen-bond acceptors (Lipinski definition) is 4. The number of H-pyrrole nitrogens is 1. The van der Waals surface area contributed by atoms with Gasteiger partial charge in [-0.2, -0.15) is 0 Å². The van der Waals surface area contributed by atoms with Crippen LogP contribution in [0.1, 0.15) is 36.1 Å². The third kappa shape index (κ3) is 3.99. The number of nitrogens with one attached hydrogen (secondary N) is 1. The Kier molecular flexibility index (Phi) is 5.03. The lowest BCUT2D eigenvalue weighted by atomic mass is 10.1. The molecule has 0 radical (unpaired) electrons. The fourth-order valence-corrected chi connectivity index (χ4v) is 3.12. The molecule has 0 aliphatic heterocycles. The van der Waals surface area contributed by atoms with E-state index in [4.69, 9.17) is 0 Å². The number of nitrogens with zero attached hydrogens (tertiary/aromatic N) is 4. The maximum Gasteiger partial charge on any atom is 0.184 e. The van der Waals surface area contributed by atoms with Crippen LogP contribution in [0.2, 0.25) is 0 Å². The Hall–Kier alpha value is -3.61. The fourth-order valence-electron chi connectivity index (χ4n) is 3.12. The van der Waals surface area contributed by atoms with Crippen molar-refractivity contribution in [3.8, 4) is 22.8 Å². The third-order valence-corrected chi connectivity index (χ3v) is 4.65. The highest BCUT2D eigenvalue weighted by atomic mass is 19.1. The van der Waals surface area contributed by atoms with Crippen LogP contribution in [-0.2, 0) is 6.42 Å². The summed E-state index contributed by atoms with van der Waals surface area (Å²) < 4.78 is 15.0. The summed E-state index contributed by atoms with van der Waals surface area (Å²) in [5.74, 6) is 0.303. The first-order chi connectivity index (χ1) is 14.0. The summed E-state index contributed by atoms with van der Waals surface area (Å²) in [6.45, 7) is 4.09. The quantitative estimate of drug-likeness (QED) is 0.493. The maximum absolute atomic E-state index is 13.1. The lowest BCUT2D eigenvalue weighted by Gasteiger charge is -2.10. The van der Waals surface area contributed by atoms with Gasteiger partial charge < -0.3 is 9.55 Å². The number of ketones is 1. The third-order valence-electron chi connectivity index (χ3n) is 4.65. The normalized spacial score (nSPS) is 11.2. The molecule has 1 N–H and O–H groups in total. The summed E-state index contributed by atoms with van der Waals surface area (Å²) in [4.78, 5) is 20.4. The number of Topliss-reactive ketones (excluding diaryl/α,β-unsaturated/α-hetero) is 1. The zero-order chi connectivity index (χ0) is 20.4. The molecular formula is C22H20FN5O. The van der Waals surface area contributed by atoms with Crippen molar-refractivity contribution in [1.29, 1.82) is 0 Å². The first kappa shape index (κ1) is 18.7. The van der Waals surface area contributed by atoms with Gasteiger partial charge in [0.15, 0.2) is 11.6 Å². The van der Waals surface area contributed by atoms with E-state index in [0.717, 1.165) is 11.3 Å². The summed E-state index contributed by atoms with van der Waals surface area (Å²) in [7, 11) is 0. The van der Waals surface area contributed by atoms with Crippen LogP contribution in [0, 0.1) is 5.82 Å². The van der Waals surface area contributed by atoms with Crippen LogP contribution in [0.25, 0.3) is 22.8 Å². The highest BCUT2D eigenvalue weighted by Crippen LogP contribution is 2.21. The number of pyridine rings is 1. The molecule has 0 amide bonds. The summed E-state index contributed by atoms with van der Waals surface area (Å²) in [6.07, 6.45) is 1.84. The van der Waals surface area contributed by atoms with Crippen molar-refractivity contribution < 1.29 is 9.18 Å². The van der Waals surface area contributed by atoms with Crippen LogP contribution in [0.15, 0.2) is 60.9 Å². The Bertz CT molecular complexity index is 1140. The van der Waals surface area contributed by atoms with Crippen LogP contribution >= 0.6 is 0 Å². The Balaban J connectivity index is 1.53. The van der Waals surface area contributed by atoms with Crippen LogP contribution in [0.3, 0.4) is 0 Å². The molecule has 4 aromatic rings. The fraction of sp³-hybridized carbons (Fsp3) is 0.182. The van der Waals surface area contributed by atoms with E-state index < -0.39 is 0 Å². The number of carbonyl (C=O) groups is 1. The van der Waals surface area contributed by atoms with E-state index in [1.807, 2.05) is 42.7 Å². The predicted octanol–water partition coefficient (Wildman–Crippen LogP) is 4.48. The molecule has 0 unspecified atom stereocenters. The maximum atomic E-state index is 13.1. The van der Waals surface area contributed by atoms with Crippen molar-refractivity contribution in [3.05, 3.63) is 78.1 Å². The van der Waals surface area contributed by atoms with Crippen molar-refractivity contribution in [1.82, 2.24) is 24.7 Å². The first-order valence-electron chi connectivity index (χ1n) is 9.35. The molecule has 4 rings (SSSR count). The molecule has 0 aliphatic rings. The summed E-state index contributed by atoms with van der Waals surface area (Å²) in [5, 5.41) is 8.13. The van der Waals surface area contributed by atoms with E-state index in [-0.39, 0.29) is 24.1 Å². The molecule has 0 saturated carbocycles. The van der Waals surface area contributed by atoms with Gasteiger partial charge in [-0.3, -0.25) is 4.79 Å². The number of hydrogen-bond donors (Lipinski definition) is 1. The van der Waals surface area contributed by atoms with E-state index in [9.17, 15) is 9.18 Å². The molecule has 1 aromatic carbocycles. The first-order valence-corrected chi connectivity index (χ1v) is 9.35. The van der Waals surface area contributed by atoms with Gasteiger partial charge in [-0.05, 0) is 67.9 Å². The topological polar surface area (TPSA) is 76.5 Å². The molecule has 7 heteroatoms. The molecule has 0 saturated heterocycles. The van der Waals surface area contributed by atoms with E-state index in [0.29, 0.717) is 22.9 Å². The zero-order valence-corrected chi connectivity index (χ0v) is 16.1. The number of halogens is 1. The number of benzene rings is 1. The van der Waals surface area contributed by atoms with Crippen LogP contribution < -0.4 is 0 Å². The second-order valence-electron chi connectivity index (χ2n) is 7.06. The Labute approximate surface area is 167 Å². The molecule has 146 valence electrons. The summed E-state index contributed by atoms with van der Waals surface area (Å²) >= 11 is 0. The van der Waals surface area contributed by atoms with Gasteiger partial charge in [0.25, 0.3) is 0 Å². The van der Waals surface area contributed by atoms with Gasteiger partial charge in [-0.15, -0.1) is 10.2 Å². The summed E-state index contributed by atoms with van der Waals surface area (Å²) in [6, 6.07) is 15.4. The molecule has 0 atom stereocenters. The van der Waals surface area contributed by atoms with E-state index in [1.54, 1.807) is 24.5 Å². The number of rotatable bonds is 6. The van der Waals surface area contributed by atoms with E-state index >= 15 is 0 Å². The molecule has 0 bridgehead atoms. The summed E-state index contributed by atoms with van der Waals surface area (Å²) in [5.41, 5.74) is 3.41. The van der Waals surface area contributed by atoms with Crippen molar-refractivity contribution in [2.45, 2.75) is 26.3 Å². The largest absolute Gasteiger partial charge is 0.352 e. The van der Waals surface area contributed by atoms with Gasteiger partial charge in [0.05, 0.1) is 12.1 Å². The van der Waals surface area contributed by atoms with Crippen molar-refractivity contribution >= 4 is 5.78 Å². The molecule has 6 nitrogen and oxygen atoms in total. The zero-order valence-electron chi connectivity index (χ0n) is 16.1. The Morgan fingerprint density at radius 1 is 1.10 bits per heavy atom. The second kappa shape index (κ2) is 7.79. The van der Waals surface area contributed by atoms with Gasteiger partial charge in [0, 0.05) is 17.4 Å². The molecule has 29 heavy (non-hydrogen) atoms. The molecule has 3 heterocycles. The average molecular weight is 389 g/mol. The van der Waals surface area contributed by atoms with Gasteiger partial charge in [0.2, 0.25) is 0 Å². The predicted molar refractivity (Wildman–Crippen MR) is 108 cm³/mol. The number of aromatic amines is 1. The molecule has 0 spiro atoms. The monoisotopic (exact) mass is 389 g/mol. The van der Waals surface area contributed by atoms with Gasteiger partial charge >= 0.3 is 0 Å². The Morgan fingerprint density at radius 3 is 2.66 bits per heavy atom. The van der Waals surface area contributed by atoms with Gasteiger partial charge in [-0.1, -0.05) is 6.07 Å². The smallest absolute Gasteiger partial charge is 0.184 e. The van der Waals surface area contributed by atoms with Crippen LogP contribution in [-0.4, -0.2) is 30.5 Å². The van der Waals surface area contributed by atoms with Crippen LogP contribution in [0.5, 0.6) is 0 Å². The number of aromatic nitrogens is 5. The highest BCUT2D eigenvalue weighted by Gasteiger charge is 2.15. The highest BCUT2D eigenvalue weighted by molar-refractivity contribution is 5.96. The van der Waals surface area contributed by atoms with Gasteiger partial charge in [0.1, 0.15) is 17.8 Å². The molecule has 0 aliphatic carbocycles. The molecular weight excluding hydrogens is 369 g/mol. The van der Waals surface area contributed by atoms with E-state index in [2.05, 4.69) is 20.2 Å². The van der Waals surface area contributed by atoms with Crippen LogP contribution in [0.4, 0.5) is 4.39 Å². The van der Waals surface area contributed by atoms with E-state index in [1.165, 1.54) is 12.1 Å². The minimum absolute atomic E-state index is 0.0756. The minimum Gasteiger partial charge on any atom is -0.352 e. The second-order valence-corrected chi connectivity index (χ2v) is 7.06. The lowest BCUT2D eigenvalue weighted by Crippen LogP contribution is -2.07. The molecule has 3 aromatic heterocycles. The SMILES string of the molecule is CC(C)n1cnnc1-c1cccc(CC(=O)c2ccc(-c3ccc(F)cc3)[nH]2)n1.